The van der Waals surface area contributed by atoms with E-state index in [0.717, 1.165) is 18.7 Å². The van der Waals surface area contributed by atoms with Gasteiger partial charge in [-0.05, 0) is 25.8 Å². The van der Waals surface area contributed by atoms with Gasteiger partial charge in [0.15, 0.2) is 0 Å². The van der Waals surface area contributed by atoms with Crippen molar-refractivity contribution in [3.8, 4) is 0 Å². The summed E-state index contributed by atoms with van der Waals surface area (Å²) < 4.78 is 1.62. The molecule has 7 nitrogen and oxygen atoms in total. The van der Waals surface area contributed by atoms with E-state index in [0.29, 0.717) is 17.2 Å². The molecule has 2 aromatic heterocycles. The first-order valence-corrected chi connectivity index (χ1v) is 8.28. The van der Waals surface area contributed by atoms with Gasteiger partial charge in [-0.3, -0.25) is 9.48 Å². The molecule has 2 heterocycles. The predicted octanol–water partition coefficient (Wildman–Crippen LogP) is 1.51. The largest absolute Gasteiger partial charge is 0.383 e. The highest BCUT2D eigenvalue weighted by atomic mass is 16.3. The fraction of sp³-hybridized carbons (Fsp3) is 0.529. The van der Waals surface area contributed by atoms with Gasteiger partial charge >= 0.3 is 0 Å². The topological polar surface area (TPSA) is 92.9 Å². The minimum atomic E-state index is -1.19. The highest BCUT2D eigenvalue weighted by Crippen LogP contribution is 2.31. The lowest BCUT2D eigenvalue weighted by atomic mass is 10.00. The van der Waals surface area contributed by atoms with Crippen LogP contribution in [-0.2, 0) is 12.6 Å². The Kier molecular flexibility index (Phi) is 4.62. The highest BCUT2D eigenvalue weighted by Gasteiger charge is 2.26. The molecule has 0 bridgehead atoms. The molecule has 7 heteroatoms. The summed E-state index contributed by atoms with van der Waals surface area (Å²) in [4.78, 5) is 21.1. The van der Waals surface area contributed by atoms with Crippen molar-refractivity contribution in [1.82, 2.24) is 25.1 Å². The fourth-order valence-electron chi connectivity index (χ4n) is 3.03. The van der Waals surface area contributed by atoms with E-state index < -0.39 is 5.60 Å². The van der Waals surface area contributed by atoms with Crippen molar-refractivity contribution in [2.45, 2.75) is 44.1 Å². The molecule has 1 atom stereocenters. The van der Waals surface area contributed by atoms with Crippen LogP contribution in [0, 0.1) is 0 Å². The van der Waals surface area contributed by atoms with Gasteiger partial charge in [0.25, 0.3) is 5.91 Å². The zero-order chi connectivity index (χ0) is 17.2. The van der Waals surface area contributed by atoms with Crippen LogP contribution in [-0.4, -0.2) is 37.3 Å². The number of aliphatic hydroxyl groups is 1. The second kappa shape index (κ2) is 6.68. The van der Waals surface area contributed by atoms with Crippen molar-refractivity contribution >= 4 is 5.91 Å². The van der Waals surface area contributed by atoms with Gasteiger partial charge in [0, 0.05) is 30.9 Å². The summed E-state index contributed by atoms with van der Waals surface area (Å²) in [6.07, 6.45) is 9.51. The van der Waals surface area contributed by atoms with Crippen LogP contribution in [0.25, 0.3) is 0 Å². The number of aryl methyl sites for hydroxylation is 1. The van der Waals surface area contributed by atoms with E-state index in [1.807, 2.05) is 0 Å². The van der Waals surface area contributed by atoms with E-state index in [-0.39, 0.29) is 12.5 Å². The number of nitrogens with zero attached hydrogens (tertiary/aromatic N) is 4. The van der Waals surface area contributed by atoms with Crippen LogP contribution in [0.5, 0.6) is 0 Å². The molecule has 2 aromatic rings. The molecule has 3 rings (SSSR count). The number of hydrogen-bond donors (Lipinski definition) is 2. The van der Waals surface area contributed by atoms with Crippen LogP contribution in [0.4, 0.5) is 0 Å². The van der Waals surface area contributed by atoms with Crippen LogP contribution < -0.4 is 5.32 Å². The maximum Gasteiger partial charge on any atom is 0.270 e. The third kappa shape index (κ3) is 3.62. The molecule has 0 aromatic carbocycles. The van der Waals surface area contributed by atoms with E-state index in [2.05, 4.69) is 20.4 Å². The van der Waals surface area contributed by atoms with Gasteiger partial charge in [0.1, 0.15) is 17.1 Å². The Hall–Kier alpha value is -2.28. The monoisotopic (exact) mass is 329 g/mol. The molecule has 0 spiro atoms. The molecule has 1 aliphatic carbocycles. The lowest BCUT2D eigenvalue weighted by molar-refractivity contribution is 0.0524. The van der Waals surface area contributed by atoms with Crippen LogP contribution in [0.15, 0.2) is 24.7 Å². The Morgan fingerprint density at radius 1 is 1.46 bits per heavy atom. The normalized spacial score (nSPS) is 17.6. The molecule has 2 N–H and O–H groups in total. The molecule has 0 radical (unpaired) electrons. The summed E-state index contributed by atoms with van der Waals surface area (Å²) in [6.45, 7) is 1.73. The standard InChI is InChI=1S/C17H23N5O2/c1-17(24,13-9-20-22(2)10-13)11-19-16(23)14-7-8-18-15(21-14)12-5-3-4-6-12/h7-10,12,24H,3-6,11H2,1-2H3,(H,19,23). The van der Waals surface area contributed by atoms with Crippen molar-refractivity contribution in [3.63, 3.8) is 0 Å². The average molecular weight is 329 g/mol. The quantitative estimate of drug-likeness (QED) is 0.867. The first-order chi connectivity index (χ1) is 11.5. The Morgan fingerprint density at radius 2 is 2.21 bits per heavy atom. The zero-order valence-electron chi connectivity index (χ0n) is 14.1. The minimum Gasteiger partial charge on any atom is -0.383 e. The summed E-state index contributed by atoms with van der Waals surface area (Å²) in [5, 5.41) is 17.3. The van der Waals surface area contributed by atoms with Gasteiger partial charge in [-0.25, -0.2) is 9.97 Å². The van der Waals surface area contributed by atoms with Gasteiger partial charge in [-0.15, -0.1) is 0 Å². The Bertz CT molecular complexity index is 719. The van der Waals surface area contributed by atoms with Gasteiger partial charge in [-0.2, -0.15) is 5.10 Å². The molecular weight excluding hydrogens is 306 g/mol. The number of nitrogens with one attached hydrogen (secondary N) is 1. The maximum atomic E-state index is 12.4. The number of aromatic nitrogens is 4. The van der Waals surface area contributed by atoms with Gasteiger partial charge in [-0.1, -0.05) is 12.8 Å². The van der Waals surface area contributed by atoms with E-state index in [1.165, 1.54) is 12.8 Å². The van der Waals surface area contributed by atoms with Crippen LogP contribution in [0.1, 0.15) is 60.4 Å². The lowest BCUT2D eigenvalue weighted by Crippen LogP contribution is -2.38. The maximum absolute atomic E-state index is 12.4. The second-order valence-electron chi connectivity index (χ2n) is 6.64. The smallest absolute Gasteiger partial charge is 0.270 e. The molecule has 1 unspecified atom stereocenters. The number of carbonyl (C=O) groups is 1. The third-order valence-corrected chi connectivity index (χ3v) is 4.55. The summed E-state index contributed by atoms with van der Waals surface area (Å²) in [5.74, 6) is 0.802. The summed E-state index contributed by atoms with van der Waals surface area (Å²) in [7, 11) is 1.78. The number of carbonyl (C=O) groups excluding carboxylic acids is 1. The Labute approximate surface area is 141 Å². The van der Waals surface area contributed by atoms with E-state index in [9.17, 15) is 9.90 Å². The van der Waals surface area contributed by atoms with E-state index in [4.69, 9.17) is 0 Å². The molecule has 1 fully saturated rings. The van der Waals surface area contributed by atoms with Crippen LogP contribution in [0.3, 0.4) is 0 Å². The van der Waals surface area contributed by atoms with Crippen LogP contribution in [0.2, 0.25) is 0 Å². The average Bonchev–Trinajstić information content (AvgIpc) is 3.24. The molecule has 1 amide bonds. The van der Waals surface area contributed by atoms with Crippen molar-refractivity contribution in [2.75, 3.05) is 6.54 Å². The molecule has 0 aliphatic heterocycles. The molecule has 1 saturated carbocycles. The highest BCUT2D eigenvalue weighted by molar-refractivity contribution is 5.92. The van der Waals surface area contributed by atoms with Crippen molar-refractivity contribution in [3.05, 3.63) is 41.7 Å². The summed E-state index contributed by atoms with van der Waals surface area (Å²) >= 11 is 0. The first-order valence-electron chi connectivity index (χ1n) is 8.28. The predicted molar refractivity (Wildman–Crippen MR) is 88.4 cm³/mol. The minimum absolute atomic E-state index is 0.0836. The lowest BCUT2D eigenvalue weighted by Gasteiger charge is -2.22. The summed E-state index contributed by atoms with van der Waals surface area (Å²) in [5.41, 5.74) is -0.195. The van der Waals surface area contributed by atoms with E-state index >= 15 is 0 Å². The van der Waals surface area contributed by atoms with Gasteiger partial charge < -0.3 is 10.4 Å². The molecule has 24 heavy (non-hydrogen) atoms. The zero-order valence-corrected chi connectivity index (χ0v) is 14.1. The Morgan fingerprint density at radius 3 is 2.88 bits per heavy atom. The molecule has 0 saturated heterocycles. The van der Waals surface area contributed by atoms with Crippen molar-refractivity contribution in [2.24, 2.45) is 7.05 Å². The Balaban J connectivity index is 1.65. The first kappa shape index (κ1) is 16.6. The van der Waals surface area contributed by atoms with Crippen molar-refractivity contribution in [1.29, 1.82) is 0 Å². The fourth-order valence-corrected chi connectivity index (χ4v) is 3.03. The van der Waals surface area contributed by atoms with Gasteiger partial charge in [0.05, 0.1) is 12.7 Å². The third-order valence-electron chi connectivity index (χ3n) is 4.55. The van der Waals surface area contributed by atoms with Crippen LogP contribution >= 0.6 is 0 Å². The SMILES string of the molecule is Cn1cc(C(C)(O)CNC(=O)c2ccnc(C3CCCC3)n2)cn1. The molecular formula is C17H23N5O2. The second-order valence-corrected chi connectivity index (χ2v) is 6.64. The number of amides is 1. The van der Waals surface area contributed by atoms with E-state index in [1.54, 1.807) is 43.3 Å². The van der Waals surface area contributed by atoms with Crippen molar-refractivity contribution < 1.29 is 9.90 Å². The molecule has 1 aliphatic rings. The van der Waals surface area contributed by atoms with Gasteiger partial charge in [0.2, 0.25) is 0 Å². The summed E-state index contributed by atoms with van der Waals surface area (Å²) in [6, 6.07) is 1.60. The number of hydrogen-bond acceptors (Lipinski definition) is 5. The number of rotatable bonds is 5. The molecule has 128 valence electrons.